The van der Waals surface area contributed by atoms with Crippen molar-refractivity contribution in [1.82, 2.24) is 15.2 Å². The topological polar surface area (TPSA) is 80.9 Å². The quantitative estimate of drug-likeness (QED) is 0.603. The van der Waals surface area contributed by atoms with Crippen molar-refractivity contribution in [1.29, 1.82) is 0 Å². The summed E-state index contributed by atoms with van der Waals surface area (Å²) in [4.78, 5) is 16.5. The molecule has 1 amide bonds. The van der Waals surface area contributed by atoms with Gasteiger partial charge in [-0.1, -0.05) is 17.8 Å². The zero-order valence-electron chi connectivity index (χ0n) is 15.0. The molecule has 8 heteroatoms. The van der Waals surface area contributed by atoms with Gasteiger partial charge in [-0.25, -0.2) is 4.98 Å². The lowest BCUT2D eigenvalue weighted by atomic mass is 10.1. The van der Waals surface area contributed by atoms with Crippen molar-refractivity contribution in [3.05, 3.63) is 51.3 Å². The minimum absolute atomic E-state index is 0.00173. The van der Waals surface area contributed by atoms with Crippen molar-refractivity contribution in [2.45, 2.75) is 44.3 Å². The predicted octanol–water partition coefficient (Wildman–Crippen LogP) is 4.03. The summed E-state index contributed by atoms with van der Waals surface area (Å²) < 4.78 is 5.62. The lowest BCUT2D eigenvalue weighted by molar-refractivity contribution is -0.115. The van der Waals surface area contributed by atoms with Gasteiger partial charge >= 0.3 is 0 Å². The van der Waals surface area contributed by atoms with Crippen LogP contribution in [0.2, 0.25) is 0 Å². The summed E-state index contributed by atoms with van der Waals surface area (Å²) in [5.41, 5.74) is 4.58. The van der Waals surface area contributed by atoms with Gasteiger partial charge in [-0.3, -0.25) is 4.79 Å². The minimum Gasteiger partial charge on any atom is -0.416 e. The van der Waals surface area contributed by atoms with Crippen LogP contribution in [0.15, 0.2) is 33.2 Å². The first kappa shape index (κ1) is 18.2. The standard InChI is InChI=1S/C19H20N4O2S2/c1-12-20-16(11-27-12)10-18-22-23-19(25-18)26-8-7-17(24)21-15-6-5-13-3-2-4-14(13)9-15/h5-6,9,11H,2-4,7-8,10H2,1H3,(H,21,24). The highest BCUT2D eigenvalue weighted by atomic mass is 32.2. The number of fused-ring (bicyclic) bond motifs is 1. The molecule has 1 aromatic carbocycles. The summed E-state index contributed by atoms with van der Waals surface area (Å²) in [5.74, 6) is 1.14. The van der Waals surface area contributed by atoms with Gasteiger partial charge in [0.1, 0.15) is 0 Å². The Morgan fingerprint density at radius 1 is 1.30 bits per heavy atom. The number of aryl methyl sites for hydroxylation is 3. The maximum absolute atomic E-state index is 12.2. The molecule has 2 heterocycles. The van der Waals surface area contributed by atoms with Crippen LogP contribution in [-0.2, 0) is 24.1 Å². The summed E-state index contributed by atoms with van der Waals surface area (Å²) in [6.45, 7) is 1.97. The third-order valence-electron chi connectivity index (χ3n) is 4.38. The average molecular weight is 401 g/mol. The number of benzene rings is 1. The molecule has 0 unspecified atom stereocenters. The van der Waals surface area contributed by atoms with Gasteiger partial charge in [0, 0.05) is 23.2 Å². The number of carbonyl (C=O) groups excluding carboxylic acids is 1. The molecule has 0 saturated carbocycles. The van der Waals surface area contributed by atoms with Gasteiger partial charge in [0.05, 0.1) is 17.1 Å². The van der Waals surface area contributed by atoms with Crippen molar-refractivity contribution in [3.63, 3.8) is 0 Å². The third kappa shape index (κ3) is 4.75. The second-order valence-corrected chi connectivity index (χ2v) is 8.59. The molecule has 0 saturated heterocycles. The fraction of sp³-hybridized carbons (Fsp3) is 0.368. The van der Waals surface area contributed by atoms with Crippen LogP contribution in [0, 0.1) is 6.92 Å². The number of rotatable bonds is 7. The van der Waals surface area contributed by atoms with Gasteiger partial charge in [0.25, 0.3) is 5.22 Å². The van der Waals surface area contributed by atoms with Crippen LogP contribution in [0.25, 0.3) is 0 Å². The van der Waals surface area contributed by atoms with Crippen LogP contribution in [0.4, 0.5) is 5.69 Å². The van der Waals surface area contributed by atoms with Crippen molar-refractivity contribution < 1.29 is 9.21 Å². The second kappa shape index (κ2) is 8.22. The van der Waals surface area contributed by atoms with E-state index in [1.807, 2.05) is 18.4 Å². The molecular weight excluding hydrogens is 380 g/mol. The van der Waals surface area contributed by atoms with Crippen LogP contribution in [-0.4, -0.2) is 26.8 Å². The van der Waals surface area contributed by atoms with Gasteiger partial charge in [-0.2, -0.15) is 0 Å². The molecule has 0 aliphatic heterocycles. The Kier molecular flexibility index (Phi) is 5.54. The number of nitrogens with zero attached hydrogens (tertiary/aromatic N) is 3. The number of carbonyl (C=O) groups is 1. The van der Waals surface area contributed by atoms with E-state index < -0.39 is 0 Å². The third-order valence-corrected chi connectivity index (χ3v) is 6.03. The average Bonchev–Trinajstić information content (AvgIpc) is 3.37. The minimum atomic E-state index is -0.00173. The highest BCUT2D eigenvalue weighted by Crippen LogP contribution is 2.25. The molecule has 27 heavy (non-hydrogen) atoms. The number of thioether (sulfide) groups is 1. The van der Waals surface area contributed by atoms with Crippen LogP contribution >= 0.6 is 23.1 Å². The van der Waals surface area contributed by atoms with E-state index in [4.69, 9.17) is 4.42 Å². The molecule has 0 atom stereocenters. The van der Waals surface area contributed by atoms with Gasteiger partial charge in [-0.05, 0) is 49.4 Å². The number of thiazole rings is 1. The lowest BCUT2D eigenvalue weighted by Crippen LogP contribution is -2.12. The summed E-state index contributed by atoms with van der Waals surface area (Å²) >= 11 is 3.00. The van der Waals surface area contributed by atoms with Gasteiger partial charge < -0.3 is 9.73 Å². The molecule has 1 aliphatic rings. The molecular formula is C19H20N4O2S2. The summed E-state index contributed by atoms with van der Waals surface area (Å²) in [5, 5.41) is 14.6. The van der Waals surface area contributed by atoms with Gasteiger partial charge in [0.15, 0.2) is 0 Å². The Morgan fingerprint density at radius 2 is 2.19 bits per heavy atom. The van der Waals surface area contributed by atoms with E-state index in [1.165, 1.54) is 29.3 Å². The largest absolute Gasteiger partial charge is 0.416 e. The molecule has 6 nitrogen and oxygen atoms in total. The van der Waals surface area contributed by atoms with E-state index in [9.17, 15) is 4.79 Å². The van der Waals surface area contributed by atoms with Gasteiger partial charge in [-0.15, -0.1) is 21.5 Å². The van der Waals surface area contributed by atoms with Crippen LogP contribution in [0.5, 0.6) is 0 Å². The van der Waals surface area contributed by atoms with Crippen LogP contribution in [0.3, 0.4) is 0 Å². The Morgan fingerprint density at radius 3 is 3.04 bits per heavy atom. The zero-order valence-corrected chi connectivity index (χ0v) is 16.7. The smallest absolute Gasteiger partial charge is 0.276 e. The molecule has 1 N–H and O–H groups in total. The van der Waals surface area contributed by atoms with Crippen molar-refractivity contribution >= 4 is 34.7 Å². The number of aromatic nitrogens is 3. The molecule has 0 spiro atoms. The molecule has 0 fully saturated rings. The molecule has 140 valence electrons. The highest BCUT2D eigenvalue weighted by molar-refractivity contribution is 7.99. The number of anilines is 1. The molecule has 0 radical (unpaired) electrons. The first-order valence-corrected chi connectivity index (χ1v) is 10.8. The summed E-state index contributed by atoms with van der Waals surface area (Å²) in [6.07, 6.45) is 4.39. The first-order valence-electron chi connectivity index (χ1n) is 8.93. The Hall–Kier alpha value is -2.19. The van der Waals surface area contributed by atoms with E-state index >= 15 is 0 Å². The van der Waals surface area contributed by atoms with Crippen LogP contribution < -0.4 is 5.32 Å². The maximum Gasteiger partial charge on any atom is 0.276 e. The van der Waals surface area contributed by atoms with E-state index in [-0.39, 0.29) is 5.91 Å². The summed E-state index contributed by atoms with van der Waals surface area (Å²) in [6, 6.07) is 6.20. The first-order chi connectivity index (χ1) is 13.2. The van der Waals surface area contributed by atoms with Gasteiger partial charge in [0.2, 0.25) is 11.8 Å². The maximum atomic E-state index is 12.2. The number of amides is 1. The van der Waals surface area contributed by atoms with E-state index in [0.717, 1.165) is 29.2 Å². The second-order valence-electron chi connectivity index (χ2n) is 6.48. The fourth-order valence-corrected chi connectivity index (χ4v) is 4.44. The molecule has 2 aromatic heterocycles. The van der Waals surface area contributed by atoms with Crippen molar-refractivity contribution in [3.8, 4) is 0 Å². The SMILES string of the molecule is Cc1nc(Cc2nnc(SCCC(=O)Nc3ccc4c(c3)CCC4)o2)cs1. The molecule has 4 rings (SSSR count). The molecule has 3 aromatic rings. The van der Waals surface area contributed by atoms with E-state index in [0.29, 0.717) is 29.7 Å². The Balaban J connectivity index is 1.23. The summed E-state index contributed by atoms with van der Waals surface area (Å²) in [7, 11) is 0. The molecule has 0 bridgehead atoms. The number of hydrogen-bond acceptors (Lipinski definition) is 7. The normalized spacial score (nSPS) is 12.9. The van der Waals surface area contributed by atoms with E-state index in [1.54, 1.807) is 11.3 Å². The lowest BCUT2D eigenvalue weighted by Gasteiger charge is -2.07. The highest BCUT2D eigenvalue weighted by Gasteiger charge is 2.13. The predicted molar refractivity (Wildman–Crippen MR) is 106 cm³/mol. The molecule has 1 aliphatic carbocycles. The number of nitrogens with one attached hydrogen (secondary N) is 1. The van der Waals surface area contributed by atoms with Crippen LogP contribution in [0.1, 0.15) is 40.6 Å². The van der Waals surface area contributed by atoms with Crippen molar-refractivity contribution in [2.24, 2.45) is 0 Å². The van der Waals surface area contributed by atoms with E-state index in [2.05, 4.69) is 32.6 Å². The monoisotopic (exact) mass is 400 g/mol. The van der Waals surface area contributed by atoms with Crippen molar-refractivity contribution in [2.75, 3.05) is 11.1 Å². The fourth-order valence-electron chi connectivity index (χ4n) is 3.12. The number of hydrogen-bond donors (Lipinski definition) is 1. The zero-order chi connectivity index (χ0) is 18.6. The Labute approximate surface area is 165 Å². The Bertz CT molecular complexity index is 951.